The Balaban J connectivity index is 2.70. The Morgan fingerprint density at radius 2 is 2.25 bits per heavy atom. The molecule has 2 N–H and O–H groups in total. The van der Waals surface area contributed by atoms with Gasteiger partial charge in [0.1, 0.15) is 0 Å². The number of aromatic nitrogens is 4. The molecule has 0 amide bonds. The van der Waals surface area contributed by atoms with Crippen molar-refractivity contribution in [3.05, 3.63) is 5.82 Å². The highest BCUT2D eigenvalue weighted by atomic mass is 15.6. The molecule has 1 aromatic heterocycles. The molecule has 0 aliphatic heterocycles. The molecule has 2 unspecified atom stereocenters. The molecule has 5 heteroatoms. The summed E-state index contributed by atoms with van der Waals surface area (Å²) < 4.78 is 0. The van der Waals surface area contributed by atoms with Gasteiger partial charge in [0.2, 0.25) is 0 Å². The van der Waals surface area contributed by atoms with Gasteiger partial charge in [-0.05, 0) is 11.1 Å². The highest BCUT2D eigenvalue weighted by molar-refractivity contribution is 4.89. The SMILES string of the molecule is CCC(C)C(N)c1nnn(C)n1. The maximum Gasteiger partial charge on any atom is 0.191 e. The lowest BCUT2D eigenvalue weighted by atomic mass is 10.00. The minimum atomic E-state index is -0.0938. The third-order valence-electron chi connectivity index (χ3n) is 2.08. The van der Waals surface area contributed by atoms with E-state index in [0.29, 0.717) is 11.7 Å². The van der Waals surface area contributed by atoms with Crippen LogP contribution in [0, 0.1) is 5.92 Å². The van der Waals surface area contributed by atoms with Gasteiger partial charge in [-0.25, -0.2) is 0 Å². The summed E-state index contributed by atoms with van der Waals surface area (Å²) in [7, 11) is 1.74. The third kappa shape index (κ3) is 1.79. The Labute approximate surface area is 71.9 Å². The fourth-order valence-electron chi connectivity index (χ4n) is 0.941. The van der Waals surface area contributed by atoms with Gasteiger partial charge < -0.3 is 5.73 Å². The van der Waals surface area contributed by atoms with Crippen molar-refractivity contribution in [2.75, 3.05) is 0 Å². The average molecular weight is 169 g/mol. The van der Waals surface area contributed by atoms with Crippen molar-refractivity contribution < 1.29 is 0 Å². The molecule has 0 aliphatic rings. The average Bonchev–Trinajstić information content (AvgIpc) is 2.49. The maximum absolute atomic E-state index is 5.88. The molecule has 0 radical (unpaired) electrons. The van der Waals surface area contributed by atoms with Gasteiger partial charge in [-0.3, -0.25) is 0 Å². The second-order valence-electron chi connectivity index (χ2n) is 3.05. The molecule has 0 aliphatic carbocycles. The molecule has 0 saturated heterocycles. The van der Waals surface area contributed by atoms with E-state index in [1.165, 1.54) is 4.80 Å². The topological polar surface area (TPSA) is 69.6 Å². The molecule has 2 atom stereocenters. The second-order valence-corrected chi connectivity index (χ2v) is 3.05. The summed E-state index contributed by atoms with van der Waals surface area (Å²) in [6, 6.07) is -0.0938. The van der Waals surface area contributed by atoms with Crippen molar-refractivity contribution in [3.63, 3.8) is 0 Å². The molecule has 0 spiro atoms. The minimum absolute atomic E-state index is 0.0938. The zero-order valence-corrected chi connectivity index (χ0v) is 7.73. The number of nitrogens with zero attached hydrogens (tertiary/aromatic N) is 4. The molecule has 0 fully saturated rings. The number of aryl methyl sites for hydroxylation is 1. The lowest BCUT2D eigenvalue weighted by molar-refractivity contribution is 0.437. The number of nitrogens with two attached hydrogens (primary N) is 1. The Morgan fingerprint density at radius 3 is 2.67 bits per heavy atom. The van der Waals surface area contributed by atoms with E-state index in [2.05, 4.69) is 29.3 Å². The molecule has 12 heavy (non-hydrogen) atoms. The lowest BCUT2D eigenvalue weighted by Crippen LogP contribution is -2.20. The summed E-state index contributed by atoms with van der Waals surface area (Å²) in [5, 5.41) is 11.6. The first-order valence-corrected chi connectivity index (χ1v) is 4.14. The fourth-order valence-corrected chi connectivity index (χ4v) is 0.941. The van der Waals surface area contributed by atoms with E-state index in [0.717, 1.165) is 6.42 Å². The smallest absolute Gasteiger partial charge is 0.191 e. The summed E-state index contributed by atoms with van der Waals surface area (Å²) in [4.78, 5) is 1.43. The number of hydrogen-bond acceptors (Lipinski definition) is 4. The predicted octanol–water partition coefficient (Wildman–Crippen LogP) is 0.256. The van der Waals surface area contributed by atoms with Crippen LogP contribution in [0.1, 0.15) is 32.1 Å². The summed E-state index contributed by atoms with van der Waals surface area (Å²) in [5.74, 6) is 1.03. The van der Waals surface area contributed by atoms with E-state index in [1.54, 1.807) is 7.05 Å². The van der Waals surface area contributed by atoms with Crippen LogP contribution >= 0.6 is 0 Å². The standard InChI is InChI=1S/C7H15N5/c1-4-5(2)6(8)7-9-11-12(3)10-7/h5-6H,4,8H2,1-3H3. The van der Waals surface area contributed by atoms with Crippen molar-refractivity contribution in [1.82, 2.24) is 20.2 Å². The van der Waals surface area contributed by atoms with Crippen LogP contribution in [-0.2, 0) is 7.05 Å². The largest absolute Gasteiger partial charge is 0.321 e. The number of tetrazole rings is 1. The van der Waals surface area contributed by atoms with Gasteiger partial charge in [0, 0.05) is 0 Å². The zero-order valence-electron chi connectivity index (χ0n) is 7.73. The third-order valence-corrected chi connectivity index (χ3v) is 2.08. The summed E-state index contributed by atoms with van der Waals surface area (Å²) in [6.45, 7) is 4.18. The van der Waals surface area contributed by atoms with Crippen LogP contribution in [0.15, 0.2) is 0 Å². The minimum Gasteiger partial charge on any atom is -0.321 e. The van der Waals surface area contributed by atoms with Gasteiger partial charge in [0.05, 0.1) is 13.1 Å². The van der Waals surface area contributed by atoms with Crippen molar-refractivity contribution in [2.45, 2.75) is 26.3 Å². The molecule has 5 nitrogen and oxygen atoms in total. The highest BCUT2D eigenvalue weighted by Gasteiger charge is 2.17. The molecule has 0 bridgehead atoms. The fraction of sp³-hybridized carbons (Fsp3) is 0.857. The van der Waals surface area contributed by atoms with Crippen molar-refractivity contribution >= 4 is 0 Å². The monoisotopic (exact) mass is 169 g/mol. The van der Waals surface area contributed by atoms with Gasteiger partial charge >= 0.3 is 0 Å². The quantitative estimate of drug-likeness (QED) is 0.704. The first kappa shape index (κ1) is 9.12. The van der Waals surface area contributed by atoms with Crippen molar-refractivity contribution in [3.8, 4) is 0 Å². The molecular weight excluding hydrogens is 154 g/mol. The molecule has 0 aromatic carbocycles. The van der Waals surface area contributed by atoms with E-state index < -0.39 is 0 Å². The van der Waals surface area contributed by atoms with Gasteiger partial charge in [0.25, 0.3) is 0 Å². The lowest BCUT2D eigenvalue weighted by Gasteiger charge is -2.13. The van der Waals surface area contributed by atoms with Gasteiger partial charge in [-0.2, -0.15) is 4.80 Å². The van der Waals surface area contributed by atoms with Crippen LogP contribution in [0.2, 0.25) is 0 Å². The first-order valence-electron chi connectivity index (χ1n) is 4.14. The molecule has 1 heterocycles. The Morgan fingerprint density at radius 1 is 1.58 bits per heavy atom. The van der Waals surface area contributed by atoms with Gasteiger partial charge in [-0.1, -0.05) is 20.3 Å². The second kappa shape index (κ2) is 3.62. The molecular formula is C7H15N5. The Bertz CT molecular complexity index is 244. The summed E-state index contributed by atoms with van der Waals surface area (Å²) >= 11 is 0. The zero-order chi connectivity index (χ0) is 9.14. The van der Waals surface area contributed by atoms with Crippen LogP contribution in [-0.4, -0.2) is 20.2 Å². The van der Waals surface area contributed by atoms with Crippen LogP contribution in [0.3, 0.4) is 0 Å². The van der Waals surface area contributed by atoms with Crippen LogP contribution in [0.25, 0.3) is 0 Å². The van der Waals surface area contributed by atoms with Gasteiger partial charge in [-0.15, -0.1) is 10.2 Å². The first-order chi connectivity index (χ1) is 5.65. The molecule has 0 saturated carbocycles. The Hall–Kier alpha value is -0.970. The number of rotatable bonds is 3. The van der Waals surface area contributed by atoms with E-state index in [1.807, 2.05) is 0 Å². The molecule has 1 aromatic rings. The van der Waals surface area contributed by atoms with Crippen LogP contribution in [0.4, 0.5) is 0 Å². The molecule has 1 rings (SSSR count). The molecule has 68 valence electrons. The summed E-state index contributed by atoms with van der Waals surface area (Å²) in [5.41, 5.74) is 5.88. The van der Waals surface area contributed by atoms with Crippen LogP contribution in [0.5, 0.6) is 0 Å². The summed E-state index contributed by atoms with van der Waals surface area (Å²) in [6.07, 6.45) is 1.03. The van der Waals surface area contributed by atoms with Crippen molar-refractivity contribution in [2.24, 2.45) is 18.7 Å². The number of hydrogen-bond donors (Lipinski definition) is 1. The van der Waals surface area contributed by atoms with Crippen molar-refractivity contribution in [1.29, 1.82) is 0 Å². The normalized spacial score (nSPS) is 16.0. The van der Waals surface area contributed by atoms with Crippen LogP contribution < -0.4 is 5.73 Å². The Kier molecular flexibility index (Phi) is 2.75. The van der Waals surface area contributed by atoms with E-state index in [9.17, 15) is 0 Å². The van der Waals surface area contributed by atoms with E-state index in [4.69, 9.17) is 5.73 Å². The highest BCUT2D eigenvalue weighted by Crippen LogP contribution is 2.17. The van der Waals surface area contributed by atoms with Gasteiger partial charge in [0.15, 0.2) is 5.82 Å². The maximum atomic E-state index is 5.88. The van der Waals surface area contributed by atoms with E-state index in [-0.39, 0.29) is 6.04 Å². The predicted molar refractivity (Wildman–Crippen MR) is 45.2 cm³/mol. The van der Waals surface area contributed by atoms with E-state index >= 15 is 0 Å².